The summed E-state index contributed by atoms with van der Waals surface area (Å²) in [5.74, 6) is -0.162. The first kappa shape index (κ1) is 24.7. The fourth-order valence-electron chi connectivity index (χ4n) is 4.54. The van der Waals surface area contributed by atoms with Crippen LogP contribution in [-0.2, 0) is 22.7 Å². The molecule has 0 bridgehead atoms. The maximum absolute atomic E-state index is 13.4. The van der Waals surface area contributed by atoms with Crippen LogP contribution in [0.15, 0.2) is 40.9 Å². The van der Waals surface area contributed by atoms with Gasteiger partial charge in [-0.15, -0.1) is 0 Å². The molecule has 0 fully saturated rings. The van der Waals surface area contributed by atoms with Crippen LogP contribution >= 0.6 is 0 Å². The second-order valence-electron chi connectivity index (χ2n) is 9.32. The largest absolute Gasteiger partial charge is 0.356 e. The zero-order chi connectivity index (χ0) is 24.9. The minimum Gasteiger partial charge on any atom is -0.356 e. The lowest BCUT2D eigenvalue weighted by molar-refractivity contribution is -0.145. The van der Waals surface area contributed by atoms with Gasteiger partial charge in [0.25, 0.3) is 5.91 Å². The Bertz CT molecular complexity index is 1180. The van der Waals surface area contributed by atoms with Gasteiger partial charge in [-0.2, -0.15) is 0 Å². The Morgan fingerprint density at radius 1 is 1.09 bits per heavy atom. The number of benzene rings is 2. The number of fused-ring (bicyclic) bond motifs is 2. The molecule has 0 unspecified atom stereocenters. The summed E-state index contributed by atoms with van der Waals surface area (Å²) in [5.41, 5.74) is 5.71. The molecule has 0 aliphatic carbocycles. The van der Waals surface area contributed by atoms with E-state index in [9.17, 15) is 9.59 Å². The topological polar surface area (TPSA) is 81.9 Å². The Labute approximate surface area is 206 Å². The van der Waals surface area contributed by atoms with Crippen LogP contribution in [0.3, 0.4) is 0 Å². The molecule has 0 atom stereocenters. The van der Waals surface area contributed by atoms with Crippen LogP contribution in [0.4, 0.5) is 5.69 Å². The molecular formula is C27H35N5O3. The van der Waals surface area contributed by atoms with Crippen LogP contribution in [0.25, 0.3) is 11.0 Å². The van der Waals surface area contributed by atoms with Gasteiger partial charge in [-0.05, 0) is 49.1 Å². The number of aromatic nitrogens is 1. The fourth-order valence-corrected chi connectivity index (χ4v) is 4.54. The summed E-state index contributed by atoms with van der Waals surface area (Å²) in [6.07, 6.45) is 3.12. The summed E-state index contributed by atoms with van der Waals surface area (Å²) in [7, 11) is 1.80. The van der Waals surface area contributed by atoms with Crippen LogP contribution < -0.4 is 10.2 Å². The normalized spacial score (nSPS) is 13.1. The van der Waals surface area contributed by atoms with Crippen molar-refractivity contribution >= 4 is 28.5 Å². The lowest BCUT2D eigenvalue weighted by Gasteiger charge is -2.32. The Morgan fingerprint density at radius 2 is 1.80 bits per heavy atom. The van der Waals surface area contributed by atoms with E-state index < -0.39 is 0 Å². The number of hydrogen-bond donors (Lipinski definition) is 1. The van der Waals surface area contributed by atoms with Gasteiger partial charge < -0.3 is 14.7 Å². The number of carbonyl (C=O) groups excluding carboxylic acids is 2. The molecule has 8 heteroatoms. The fraction of sp³-hybridized carbons (Fsp3) is 0.444. The number of aryl methyl sites for hydroxylation is 2. The van der Waals surface area contributed by atoms with E-state index in [4.69, 9.17) is 4.52 Å². The smallest absolute Gasteiger partial charge is 0.256 e. The van der Waals surface area contributed by atoms with E-state index in [1.807, 2.05) is 48.0 Å². The summed E-state index contributed by atoms with van der Waals surface area (Å²) in [5, 5.41) is 11.7. The second kappa shape index (κ2) is 10.9. The number of nitrogens with zero attached hydrogens (tertiary/aromatic N) is 4. The second-order valence-corrected chi connectivity index (χ2v) is 9.32. The number of hydrogen-bond acceptors (Lipinski definition) is 6. The number of anilines is 1. The van der Waals surface area contributed by atoms with Crippen LogP contribution in [0.2, 0.25) is 0 Å². The number of nitrogens with one attached hydrogen (secondary N) is 1. The predicted octanol–water partition coefficient (Wildman–Crippen LogP) is 3.95. The molecule has 4 rings (SSSR count). The highest BCUT2D eigenvalue weighted by Gasteiger charge is 2.27. The molecule has 0 radical (unpaired) electrons. The number of hydrazine groups is 1. The third-order valence-corrected chi connectivity index (χ3v) is 6.68. The van der Waals surface area contributed by atoms with E-state index in [0.29, 0.717) is 25.2 Å². The van der Waals surface area contributed by atoms with Crippen LogP contribution in [0.1, 0.15) is 48.6 Å². The first-order chi connectivity index (χ1) is 16.9. The lowest BCUT2D eigenvalue weighted by Crippen LogP contribution is -2.48. The van der Waals surface area contributed by atoms with E-state index in [2.05, 4.69) is 29.5 Å². The van der Waals surface area contributed by atoms with Crippen molar-refractivity contribution in [3.63, 3.8) is 0 Å². The van der Waals surface area contributed by atoms with Crippen molar-refractivity contribution in [3.8, 4) is 0 Å². The molecule has 0 spiro atoms. The molecule has 8 nitrogen and oxygen atoms in total. The van der Waals surface area contributed by atoms with Crippen LogP contribution in [-0.4, -0.2) is 53.7 Å². The Hall–Kier alpha value is -3.39. The third-order valence-electron chi connectivity index (χ3n) is 6.68. The van der Waals surface area contributed by atoms with Crippen molar-refractivity contribution in [1.82, 2.24) is 20.5 Å². The van der Waals surface area contributed by atoms with Gasteiger partial charge in [-0.1, -0.05) is 49.2 Å². The molecule has 1 aliphatic rings. The van der Waals surface area contributed by atoms with Gasteiger partial charge in [-0.3, -0.25) is 14.6 Å². The van der Waals surface area contributed by atoms with E-state index in [1.54, 1.807) is 12.1 Å². The first-order valence-corrected chi connectivity index (χ1v) is 12.3. The molecular weight excluding hydrogens is 442 g/mol. The van der Waals surface area contributed by atoms with Crippen LogP contribution in [0, 0.1) is 13.8 Å². The molecule has 2 heterocycles. The number of unbranched alkanes of at least 4 members (excludes halogenated alkanes) is 2. The zero-order valence-electron chi connectivity index (χ0n) is 21.1. The highest BCUT2D eigenvalue weighted by Crippen LogP contribution is 2.29. The van der Waals surface area contributed by atoms with Crippen molar-refractivity contribution in [2.75, 3.05) is 31.6 Å². The molecule has 1 N–H and O–H groups in total. The predicted molar refractivity (Wildman–Crippen MR) is 137 cm³/mol. The highest BCUT2D eigenvalue weighted by molar-refractivity contribution is 5.90. The molecule has 186 valence electrons. The molecule has 2 amide bonds. The molecule has 0 saturated heterocycles. The molecule has 0 saturated carbocycles. The molecule has 1 aromatic heterocycles. The SMILES string of the molecule is CCCCCNC(=O)CN(CC(=O)N(C)N1Cc2ccccc2C1)c1cc2c(C)noc2cc1C. The van der Waals surface area contributed by atoms with Gasteiger partial charge in [0.15, 0.2) is 5.58 Å². The summed E-state index contributed by atoms with van der Waals surface area (Å²) >= 11 is 0. The molecule has 3 aromatic rings. The minimum atomic E-state index is -0.0910. The number of rotatable bonds is 10. The van der Waals surface area contributed by atoms with Gasteiger partial charge in [0.05, 0.1) is 18.8 Å². The highest BCUT2D eigenvalue weighted by atomic mass is 16.5. The zero-order valence-corrected chi connectivity index (χ0v) is 21.1. The van der Waals surface area contributed by atoms with Crippen molar-refractivity contribution < 1.29 is 14.1 Å². The van der Waals surface area contributed by atoms with E-state index in [0.717, 1.165) is 41.6 Å². The summed E-state index contributed by atoms with van der Waals surface area (Å²) in [6.45, 7) is 8.20. The van der Waals surface area contributed by atoms with Crippen molar-refractivity contribution in [2.24, 2.45) is 0 Å². The average Bonchev–Trinajstić information content (AvgIpc) is 3.43. The number of carbonyl (C=O) groups is 2. The van der Waals surface area contributed by atoms with Gasteiger partial charge in [0.1, 0.15) is 0 Å². The van der Waals surface area contributed by atoms with E-state index in [-0.39, 0.29) is 24.9 Å². The van der Waals surface area contributed by atoms with E-state index >= 15 is 0 Å². The molecule has 35 heavy (non-hydrogen) atoms. The van der Waals surface area contributed by atoms with Gasteiger partial charge in [-0.25, -0.2) is 5.01 Å². The van der Waals surface area contributed by atoms with Gasteiger partial charge in [0, 0.05) is 37.8 Å². The van der Waals surface area contributed by atoms with Gasteiger partial charge >= 0.3 is 0 Å². The summed E-state index contributed by atoms with van der Waals surface area (Å²) in [4.78, 5) is 28.1. The standard InChI is InChI=1S/C27H35N5O3/c1-5-6-9-12-28-26(33)17-31(24-14-23-20(3)29-35-25(23)13-19(24)2)18-27(34)30(4)32-15-21-10-7-8-11-22(21)16-32/h7-8,10-11,13-14H,5-6,9,12,15-18H2,1-4H3,(H,28,33). The van der Waals surface area contributed by atoms with Gasteiger partial charge in [0.2, 0.25) is 5.91 Å². The van der Waals surface area contributed by atoms with Crippen molar-refractivity contribution in [2.45, 2.75) is 53.1 Å². The monoisotopic (exact) mass is 477 g/mol. The number of amides is 2. The van der Waals surface area contributed by atoms with Crippen LogP contribution in [0.5, 0.6) is 0 Å². The van der Waals surface area contributed by atoms with Crippen molar-refractivity contribution in [3.05, 3.63) is 58.8 Å². The lowest BCUT2D eigenvalue weighted by atomic mass is 10.1. The third kappa shape index (κ3) is 5.65. The quantitative estimate of drug-likeness (QED) is 0.446. The van der Waals surface area contributed by atoms with Crippen molar-refractivity contribution in [1.29, 1.82) is 0 Å². The maximum Gasteiger partial charge on any atom is 0.256 e. The summed E-state index contributed by atoms with van der Waals surface area (Å²) < 4.78 is 5.41. The minimum absolute atomic E-state index is 0.0712. The molecule has 2 aromatic carbocycles. The Kier molecular flexibility index (Phi) is 7.70. The average molecular weight is 478 g/mol. The van der Waals surface area contributed by atoms with E-state index in [1.165, 1.54) is 11.1 Å². The maximum atomic E-state index is 13.4. The summed E-state index contributed by atoms with van der Waals surface area (Å²) in [6, 6.07) is 12.1. The first-order valence-electron chi connectivity index (χ1n) is 12.3. The Balaban J connectivity index is 1.52. The number of likely N-dealkylation sites (N-methyl/N-ethyl adjacent to an activating group) is 1. The molecule has 1 aliphatic heterocycles. The Morgan fingerprint density at radius 3 is 2.49 bits per heavy atom.